The molecule has 3 aliphatic heterocycles. The molecule has 1 aromatic rings. The third-order valence-electron chi connectivity index (χ3n) is 6.01. The summed E-state index contributed by atoms with van der Waals surface area (Å²) in [5.74, 6) is -2.93. The van der Waals surface area contributed by atoms with Gasteiger partial charge in [0.05, 0.1) is 12.5 Å². The van der Waals surface area contributed by atoms with E-state index in [4.69, 9.17) is 28.4 Å². The van der Waals surface area contributed by atoms with Gasteiger partial charge in [-0.05, 0) is 45.6 Å². The van der Waals surface area contributed by atoms with Crippen molar-refractivity contribution in [1.29, 1.82) is 0 Å². The maximum atomic E-state index is 12.7. The molecule has 0 N–H and O–H groups in total. The maximum absolute atomic E-state index is 12.7. The fourth-order valence-corrected chi connectivity index (χ4v) is 4.75. The van der Waals surface area contributed by atoms with Crippen LogP contribution in [0.5, 0.6) is 0 Å². The van der Waals surface area contributed by atoms with Crippen LogP contribution in [0.4, 0.5) is 0 Å². The molecule has 29 heavy (non-hydrogen) atoms. The number of hydrogen-bond donors (Lipinski definition) is 0. The van der Waals surface area contributed by atoms with Crippen molar-refractivity contribution in [2.45, 2.75) is 75.7 Å². The van der Waals surface area contributed by atoms with Crippen LogP contribution in [0.2, 0.25) is 0 Å². The van der Waals surface area contributed by atoms with Crippen molar-refractivity contribution in [1.82, 2.24) is 0 Å². The Bertz CT molecular complexity index is 792. The van der Waals surface area contributed by atoms with E-state index in [1.807, 2.05) is 58.0 Å². The Hall–Kier alpha value is -1.51. The normalized spacial score (nSPS) is 41.4. The summed E-state index contributed by atoms with van der Waals surface area (Å²) in [6, 6.07) is 10.0. The summed E-state index contributed by atoms with van der Waals surface area (Å²) in [6.07, 6.45) is -0.340. The molecule has 4 fully saturated rings. The molecular weight excluding hydrogens is 376 g/mol. The van der Waals surface area contributed by atoms with Crippen LogP contribution in [0, 0.1) is 5.92 Å². The number of benzene rings is 1. The lowest BCUT2D eigenvalue weighted by Crippen LogP contribution is -2.60. The summed E-state index contributed by atoms with van der Waals surface area (Å²) in [5, 5.41) is 0. The second-order valence-corrected chi connectivity index (χ2v) is 9.27. The van der Waals surface area contributed by atoms with E-state index in [1.165, 1.54) is 5.56 Å². The van der Waals surface area contributed by atoms with Crippen LogP contribution in [0.1, 0.15) is 45.6 Å². The summed E-state index contributed by atoms with van der Waals surface area (Å²) in [6.45, 7) is 7.62. The lowest BCUT2D eigenvalue weighted by Gasteiger charge is -2.40. The molecule has 4 aliphatic rings. The number of rotatable bonds is 4. The largest absolute Gasteiger partial charge is 0.460 e. The number of carbonyl (C=O) groups excluding carboxylic acids is 1. The minimum Gasteiger partial charge on any atom is -0.460 e. The highest BCUT2D eigenvalue weighted by atomic mass is 16.9. The van der Waals surface area contributed by atoms with Crippen molar-refractivity contribution >= 4 is 5.97 Å². The lowest BCUT2D eigenvalue weighted by atomic mass is 9.97. The molecule has 1 saturated carbocycles. The Morgan fingerprint density at radius 2 is 1.83 bits per heavy atom. The van der Waals surface area contributed by atoms with Crippen LogP contribution in [0.15, 0.2) is 30.3 Å². The molecule has 0 unspecified atom stereocenters. The Kier molecular flexibility index (Phi) is 4.35. The number of hydrogen-bond acceptors (Lipinski definition) is 7. The zero-order valence-corrected chi connectivity index (χ0v) is 17.3. The smallest absolute Gasteiger partial charge is 0.309 e. The quantitative estimate of drug-likeness (QED) is 0.715. The Morgan fingerprint density at radius 3 is 2.59 bits per heavy atom. The Morgan fingerprint density at radius 1 is 1.07 bits per heavy atom. The van der Waals surface area contributed by atoms with Gasteiger partial charge in [-0.1, -0.05) is 30.3 Å². The van der Waals surface area contributed by atoms with Gasteiger partial charge in [-0.15, -0.1) is 0 Å². The molecule has 1 aliphatic carbocycles. The minimum atomic E-state index is -1.19. The van der Waals surface area contributed by atoms with Gasteiger partial charge in [0.25, 0.3) is 0 Å². The van der Waals surface area contributed by atoms with Gasteiger partial charge in [0.2, 0.25) is 5.79 Å². The molecule has 3 saturated heterocycles. The molecule has 0 bridgehead atoms. The third-order valence-corrected chi connectivity index (χ3v) is 6.01. The van der Waals surface area contributed by atoms with E-state index in [9.17, 15) is 4.79 Å². The summed E-state index contributed by atoms with van der Waals surface area (Å²) < 4.78 is 36.0. The van der Waals surface area contributed by atoms with Crippen LogP contribution in [-0.4, -0.2) is 54.9 Å². The average molecular weight is 404 g/mol. The summed E-state index contributed by atoms with van der Waals surface area (Å²) >= 11 is 0. The fourth-order valence-electron chi connectivity index (χ4n) is 4.75. The number of ether oxygens (including phenoxy) is 6. The first-order valence-corrected chi connectivity index (χ1v) is 10.3. The second kappa shape index (κ2) is 6.49. The number of esters is 1. The Balaban J connectivity index is 1.28. The van der Waals surface area contributed by atoms with Gasteiger partial charge in [-0.2, -0.15) is 0 Å². The molecule has 3 heterocycles. The third kappa shape index (κ3) is 3.49. The molecule has 0 aromatic heterocycles. The van der Waals surface area contributed by atoms with Crippen molar-refractivity contribution in [3.63, 3.8) is 0 Å². The molecule has 0 radical (unpaired) electrons. The van der Waals surface area contributed by atoms with Crippen molar-refractivity contribution < 1.29 is 33.2 Å². The molecule has 0 spiro atoms. The molecule has 158 valence electrons. The van der Waals surface area contributed by atoms with Gasteiger partial charge < -0.3 is 28.4 Å². The van der Waals surface area contributed by atoms with Crippen molar-refractivity contribution in [3.8, 4) is 0 Å². The summed E-state index contributed by atoms with van der Waals surface area (Å²) in [7, 11) is 0. The van der Waals surface area contributed by atoms with Crippen LogP contribution in [0.25, 0.3) is 0 Å². The molecule has 7 heteroatoms. The first kappa shape index (κ1) is 19.5. The van der Waals surface area contributed by atoms with Crippen LogP contribution in [-0.2, 0) is 33.2 Å². The van der Waals surface area contributed by atoms with E-state index in [0.29, 0.717) is 0 Å². The SMILES string of the molecule is CC1(C)O[C@@H]2[C@@H](CO[C@@]3(COC(=O)[C@@H]4C[C@H]4c4ccccc4)OC(C)(C)O[C@@H]23)O1. The highest BCUT2D eigenvalue weighted by Crippen LogP contribution is 2.50. The zero-order valence-electron chi connectivity index (χ0n) is 17.3. The fraction of sp³-hybridized carbons (Fsp3) is 0.682. The van der Waals surface area contributed by atoms with E-state index in [1.54, 1.807) is 0 Å². The van der Waals surface area contributed by atoms with Gasteiger partial charge in [-0.3, -0.25) is 4.79 Å². The van der Waals surface area contributed by atoms with Gasteiger partial charge in [0, 0.05) is 0 Å². The highest BCUT2D eigenvalue weighted by molar-refractivity contribution is 5.77. The molecule has 1 aromatic carbocycles. The van der Waals surface area contributed by atoms with Gasteiger partial charge in [0.1, 0.15) is 24.9 Å². The highest BCUT2D eigenvalue weighted by Gasteiger charge is 2.66. The zero-order chi connectivity index (χ0) is 20.4. The van der Waals surface area contributed by atoms with Gasteiger partial charge in [0.15, 0.2) is 11.6 Å². The van der Waals surface area contributed by atoms with Crippen molar-refractivity contribution in [2.24, 2.45) is 5.92 Å². The average Bonchev–Trinajstić information content (AvgIpc) is 3.32. The minimum absolute atomic E-state index is 0.0368. The van der Waals surface area contributed by atoms with Gasteiger partial charge >= 0.3 is 5.97 Å². The van der Waals surface area contributed by atoms with E-state index >= 15 is 0 Å². The number of fused-ring (bicyclic) bond motifs is 3. The predicted molar refractivity (Wildman–Crippen MR) is 101 cm³/mol. The molecule has 5 rings (SSSR count). The van der Waals surface area contributed by atoms with E-state index in [-0.39, 0.29) is 43.2 Å². The maximum Gasteiger partial charge on any atom is 0.309 e. The van der Waals surface area contributed by atoms with Gasteiger partial charge in [-0.25, -0.2) is 0 Å². The Labute approximate surface area is 170 Å². The predicted octanol–water partition coefficient (Wildman–Crippen LogP) is 2.73. The molecule has 0 amide bonds. The summed E-state index contributed by atoms with van der Waals surface area (Å²) in [5.41, 5.74) is 1.17. The van der Waals surface area contributed by atoms with E-state index in [2.05, 4.69) is 0 Å². The number of carbonyl (C=O) groups is 1. The topological polar surface area (TPSA) is 72.5 Å². The first-order valence-electron chi connectivity index (χ1n) is 10.3. The molecular formula is C22H28O7. The molecule has 7 nitrogen and oxygen atoms in total. The standard InChI is InChI=1S/C22H28O7/c1-20(2)26-16-11-25-22(18(17(16)27-20)28-21(3,4)29-22)12-24-19(23)15-10-14(15)13-8-6-5-7-9-13/h5-9,14-18H,10-12H2,1-4H3/t14-,15+,16+,17+,18-,22-/m0/s1. The second-order valence-electron chi connectivity index (χ2n) is 9.27. The van der Waals surface area contributed by atoms with Crippen molar-refractivity contribution in [2.75, 3.05) is 13.2 Å². The molecule has 6 atom stereocenters. The van der Waals surface area contributed by atoms with E-state index < -0.39 is 23.5 Å². The van der Waals surface area contributed by atoms with Crippen LogP contribution < -0.4 is 0 Å². The van der Waals surface area contributed by atoms with Crippen molar-refractivity contribution in [3.05, 3.63) is 35.9 Å². The lowest BCUT2D eigenvalue weighted by molar-refractivity contribution is -0.296. The monoisotopic (exact) mass is 404 g/mol. The van der Waals surface area contributed by atoms with E-state index in [0.717, 1.165) is 6.42 Å². The summed E-state index contributed by atoms with van der Waals surface area (Å²) in [4.78, 5) is 12.7. The first-order chi connectivity index (χ1) is 13.7. The van der Waals surface area contributed by atoms with Crippen LogP contribution >= 0.6 is 0 Å². The van der Waals surface area contributed by atoms with Crippen LogP contribution in [0.3, 0.4) is 0 Å².